The fourth-order valence-electron chi connectivity index (χ4n) is 1.29. The molecule has 0 fully saturated rings. The Balaban J connectivity index is 3.77. The Hall–Kier alpha value is -0.330. The lowest BCUT2D eigenvalue weighted by atomic mass is 9.81. The molecule has 12 heavy (non-hydrogen) atoms. The first kappa shape index (κ1) is 11.7. The molecule has 0 aliphatic rings. The Morgan fingerprint density at radius 2 is 1.92 bits per heavy atom. The van der Waals surface area contributed by atoms with Crippen LogP contribution in [-0.4, -0.2) is 12.8 Å². The summed E-state index contributed by atoms with van der Waals surface area (Å²) in [6.07, 6.45) is 5.23. The van der Waals surface area contributed by atoms with E-state index in [1.54, 1.807) is 0 Å². The Labute approximate surface area is 77.3 Å². The first-order valence-electron chi connectivity index (χ1n) is 5.00. The molecular formula is C11H23N. The number of aliphatic imine (C=N–C) groups is 1. The monoisotopic (exact) mass is 169 g/mol. The third-order valence-corrected chi connectivity index (χ3v) is 2.83. The van der Waals surface area contributed by atoms with Crippen LogP contribution in [0.3, 0.4) is 0 Å². The van der Waals surface area contributed by atoms with Crippen LogP contribution < -0.4 is 0 Å². The fraction of sp³-hybridized carbons (Fsp3) is 0.909. The van der Waals surface area contributed by atoms with Crippen LogP contribution in [0.2, 0.25) is 0 Å². The summed E-state index contributed by atoms with van der Waals surface area (Å²) in [6.45, 7) is 12.6. The molecule has 0 aliphatic carbocycles. The maximum Gasteiger partial charge on any atom is 0.0515 e. The third kappa shape index (κ3) is 3.89. The zero-order valence-corrected chi connectivity index (χ0v) is 9.06. The number of hydrogen-bond acceptors (Lipinski definition) is 1. The van der Waals surface area contributed by atoms with Crippen LogP contribution in [0.1, 0.15) is 53.4 Å². The lowest BCUT2D eigenvalue weighted by Crippen LogP contribution is -2.24. The summed E-state index contributed by atoms with van der Waals surface area (Å²) in [6, 6.07) is 0.384. The first-order valence-corrected chi connectivity index (χ1v) is 5.00. The van der Waals surface area contributed by atoms with Crippen molar-refractivity contribution < 1.29 is 0 Å². The molecule has 1 nitrogen and oxygen atoms in total. The largest absolute Gasteiger partial charge is 0.297 e. The van der Waals surface area contributed by atoms with Crippen LogP contribution in [-0.2, 0) is 0 Å². The van der Waals surface area contributed by atoms with Gasteiger partial charge in [0.25, 0.3) is 0 Å². The summed E-state index contributed by atoms with van der Waals surface area (Å²) in [5, 5.41) is 0. The molecule has 0 rings (SSSR count). The molecule has 0 aromatic rings. The van der Waals surface area contributed by atoms with Gasteiger partial charge in [-0.3, -0.25) is 4.99 Å². The van der Waals surface area contributed by atoms with Crippen molar-refractivity contribution in [3.8, 4) is 0 Å². The van der Waals surface area contributed by atoms with Crippen molar-refractivity contribution in [1.82, 2.24) is 0 Å². The van der Waals surface area contributed by atoms with Crippen molar-refractivity contribution >= 4 is 6.72 Å². The van der Waals surface area contributed by atoms with Crippen LogP contribution in [0.5, 0.6) is 0 Å². The first-order chi connectivity index (χ1) is 5.54. The van der Waals surface area contributed by atoms with Crippen LogP contribution >= 0.6 is 0 Å². The highest BCUT2D eigenvalue weighted by molar-refractivity contribution is 5.24. The van der Waals surface area contributed by atoms with E-state index in [1.165, 1.54) is 25.7 Å². The quantitative estimate of drug-likeness (QED) is 0.425. The molecule has 0 saturated carbocycles. The summed E-state index contributed by atoms with van der Waals surface area (Å²) in [5.41, 5.74) is 0.330. The SMILES string of the molecule is C=NC(C)C(C)(C)CCCCC. The molecule has 0 bridgehead atoms. The molecule has 1 unspecified atom stereocenters. The minimum Gasteiger partial charge on any atom is -0.297 e. The summed E-state index contributed by atoms with van der Waals surface area (Å²) >= 11 is 0. The van der Waals surface area contributed by atoms with Crippen LogP contribution in [0.4, 0.5) is 0 Å². The van der Waals surface area contributed by atoms with Gasteiger partial charge in [-0.1, -0.05) is 40.0 Å². The van der Waals surface area contributed by atoms with Gasteiger partial charge in [0.15, 0.2) is 0 Å². The normalized spacial score (nSPS) is 14.3. The van der Waals surface area contributed by atoms with Gasteiger partial charge in [-0.05, 0) is 25.5 Å². The van der Waals surface area contributed by atoms with Gasteiger partial charge in [0.2, 0.25) is 0 Å². The lowest BCUT2D eigenvalue weighted by Gasteiger charge is -2.28. The average Bonchev–Trinajstić information content (AvgIpc) is 2.03. The highest BCUT2D eigenvalue weighted by atomic mass is 14.8. The van der Waals surface area contributed by atoms with Crippen LogP contribution in [0, 0.1) is 5.41 Å². The van der Waals surface area contributed by atoms with E-state index in [1.807, 2.05) is 0 Å². The van der Waals surface area contributed by atoms with E-state index >= 15 is 0 Å². The van der Waals surface area contributed by atoms with E-state index in [0.29, 0.717) is 11.5 Å². The Morgan fingerprint density at radius 3 is 2.33 bits per heavy atom. The number of hydrogen-bond donors (Lipinski definition) is 0. The van der Waals surface area contributed by atoms with E-state index in [2.05, 4.69) is 39.4 Å². The van der Waals surface area contributed by atoms with Gasteiger partial charge in [0, 0.05) is 0 Å². The number of unbranched alkanes of at least 4 members (excludes halogenated alkanes) is 2. The Kier molecular flexibility index (Phi) is 5.19. The van der Waals surface area contributed by atoms with Gasteiger partial charge in [-0.15, -0.1) is 0 Å². The molecule has 0 aliphatic heterocycles. The second-order valence-electron chi connectivity index (χ2n) is 4.30. The molecule has 0 saturated heterocycles. The maximum atomic E-state index is 4.09. The fourth-order valence-corrected chi connectivity index (χ4v) is 1.29. The highest BCUT2D eigenvalue weighted by Crippen LogP contribution is 2.29. The zero-order chi connectivity index (χ0) is 9.61. The van der Waals surface area contributed by atoms with Gasteiger partial charge >= 0.3 is 0 Å². The minimum atomic E-state index is 0.330. The summed E-state index contributed by atoms with van der Waals surface area (Å²) < 4.78 is 0. The van der Waals surface area contributed by atoms with Gasteiger partial charge in [0.1, 0.15) is 0 Å². The topological polar surface area (TPSA) is 12.4 Å². The van der Waals surface area contributed by atoms with Gasteiger partial charge < -0.3 is 0 Å². The van der Waals surface area contributed by atoms with E-state index in [0.717, 1.165) is 0 Å². The van der Waals surface area contributed by atoms with Crippen molar-refractivity contribution in [2.24, 2.45) is 10.4 Å². The molecular weight excluding hydrogens is 146 g/mol. The van der Waals surface area contributed by atoms with Gasteiger partial charge in [-0.2, -0.15) is 0 Å². The third-order valence-electron chi connectivity index (χ3n) is 2.83. The molecule has 1 heteroatoms. The maximum absolute atomic E-state index is 4.09. The molecule has 0 N–H and O–H groups in total. The van der Waals surface area contributed by atoms with Crippen molar-refractivity contribution in [3.05, 3.63) is 0 Å². The molecule has 72 valence electrons. The van der Waals surface area contributed by atoms with E-state index in [4.69, 9.17) is 0 Å². The van der Waals surface area contributed by atoms with Crippen LogP contribution in [0.15, 0.2) is 4.99 Å². The predicted molar refractivity (Wildman–Crippen MR) is 56.9 cm³/mol. The second-order valence-corrected chi connectivity index (χ2v) is 4.30. The minimum absolute atomic E-state index is 0.330. The van der Waals surface area contributed by atoms with E-state index in [-0.39, 0.29) is 0 Å². The molecule has 0 spiro atoms. The standard InChI is InChI=1S/C11H23N/c1-6-7-8-9-11(3,4)10(2)12-5/h10H,5-9H2,1-4H3. The molecule has 0 aromatic carbocycles. The molecule has 0 radical (unpaired) electrons. The van der Waals surface area contributed by atoms with Crippen molar-refractivity contribution in [2.45, 2.75) is 59.4 Å². The Bertz CT molecular complexity index is 127. The summed E-state index contributed by atoms with van der Waals surface area (Å²) in [7, 11) is 0. The number of rotatable bonds is 6. The smallest absolute Gasteiger partial charge is 0.0515 e. The van der Waals surface area contributed by atoms with Gasteiger partial charge in [0.05, 0.1) is 6.04 Å². The molecule has 0 heterocycles. The van der Waals surface area contributed by atoms with Crippen molar-refractivity contribution in [2.75, 3.05) is 0 Å². The predicted octanol–water partition coefficient (Wildman–Crippen LogP) is 3.68. The van der Waals surface area contributed by atoms with Crippen molar-refractivity contribution in [1.29, 1.82) is 0 Å². The molecule has 0 amide bonds. The van der Waals surface area contributed by atoms with Gasteiger partial charge in [-0.25, -0.2) is 0 Å². The molecule has 0 aromatic heterocycles. The summed E-state index contributed by atoms with van der Waals surface area (Å²) in [4.78, 5) is 4.09. The summed E-state index contributed by atoms with van der Waals surface area (Å²) in [5.74, 6) is 0. The second kappa shape index (κ2) is 5.34. The zero-order valence-electron chi connectivity index (χ0n) is 9.06. The van der Waals surface area contributed by atoms with Crippen LogP contribution in [0.25, 0.3) is 0 Å². The lowest BCUT2D eigenvalue weighted by molar-refractivity contribution is 0.269. The number of nitrogens with zero attached hydrogens (tertiary/aromatic N) is 1. The van der Waals surface area contributed by atoms with E-state index in [9.17, 15) is 0 Å². The van der Waals surface area contributed by atoms with E-state index < -0.39 is 0 Å². The van der Waals surface area contributed by atoms with Crippen molar-refractivity contribution in [3.63, 3.8) is 0 Å². The molecule has 1 atom stereocenters. The Morgan fingerprint density at radius 1 is 1.33 bits per heavy atom. The average molecular weight is 169 g/mol. The highest BCUT2D eigenvalue weighted by Gasteiger charge is 2.23.